The van der Waals surface area contributed by atoms with Crippen molar-refractivity contribution < 1.29 is 9.59 Å². The van der Waals surface area contributed by atoms with Crippen LogP contribution in [0.3, 0.4) is 0 Å². The number of amides is 2. The van der Waals surface area contributed by atoms with Crippen LogP contribution < -0.4 is 10.6 Å². The van der Waals surface area contributed by atoms with E-state index in [0.717, 1.165) is 16.8 Å². The minimum absolute atomic E-state index is 0.0989. The van der Waals surface area contributed by atoms with E-state index in [2.05, 4.69) is 15.6 Å². The molecule has 1 aliphatic heterocycles. The molecule has 0 spiro atoms. The van der Waals surface area contributed by atoms with E-state index in [1.807, 2.05) is 54.3 Å². The Labute approximate surface area is 153 Å². The highest BCUT2D eigenvalue weighted by molar-refractivity contribution is 5.88. The molecule has 2 aromatic rings. The van der Waals surface area contributed by atoms with Crippen LogP contribution in [0.25, 0.3) is 0 Å². The Morgan fingerprint density at radius 1 is 1.27 bits per heavy atom. The van der Waals surface area contributed by atoms with Gasteiger partial charge in [-0.1, -0.05) is 30.3 Å². The van der Waals surface area contributed by atoms with E-state index in [1.165, 1.54) is 0 Å². The molecule has 6 heteroatoms. The molecule has 1 unspecified atom stereocenters. The third-order valence-electron chi connectivity index (χ3n) is 4.65. The van der Waals surface area contributed by atoms with Crippen molar-refractivity contribution in [2.24, 2.45) is 0 Å². The van der Waals surface area contributed by atoms with Gasteiger partial charge < -0.3 is 10.6 Å². The summed E-state index contributed by atoms with van der Waals surface area (Å²) >= 11 is 0. The summed E-state index contributed by atoms with van der Waals surface area (Å²) in [6, 6.07) is 13.2. The number of benzene rings is 1. The van der Waals surface area contributed by atoms with E-state index in [4.69, 9.17) is 0 Å². The molecule has 2 heterocycles. The van der Waals surface area contributed by atoms with Crippen LogP contribution in [0.1, 0.15) is 23.2 Å². The molecule has 1 saturated heterocycles. The second-order valence-corrected chi connectivity index (χ2v) is 6.51. The van der Waals surface area contributed by atoms with Gasteiger partial charge in [-0.15, -0.1) is 0 Å². The lowest BCUT2D eigenvalue weighted by Crippen LogP contribution is -2.56. The average molecular weight is 352 g/mol. The van der Waals surface area contributed by atoms with Crippen molar-refractivity contribution in [2.45, 2.75) is 32.5 Å². The molecule has 26 heavy (non-hydrogen) atoms. The Morgan fingerprint density at radius 3 is 2.85 bits per heavy atom. The largest absolute Gasteiger partial charge is 0.353 e. The molecule has 0 bridgehead atoms. The first-order valence-electron chi connectivity index (χ1n) is 8.86. The molecule has 2 amide bonds. The van der Waals surface area contributed by atoms with E-state index in [1.54, 1.807) is 6.20 Å². The van der Waals surface area contributed by atoms with E-state index in [9.17, 15) is 9.59 Å². The molecule has 1 fully saturated rings. The van der Waals surface area contributed by atoms with Gasteiger partial charge in [-0.2, -0.15) is 0 Å². The minimum Gasteiger partial charge on any atom is -0.353 e. The lowest BCUT2D eigenvalue weighted by molar-refractivity contribution is -0.134. The lowest BCUT2D eigenvalue weighted by Gasteiger charge is -2.34. The molecular weight excluding hydrogens is 328 g/mol. The number of aryl methyl sites for hydroxylation is 1. The molecule has 0 aliphatic carbocycles. The van der Waals surface area contributed by atoms with E-state index in [0.29, 0.717) is 26.2 Å². The van der Waals surface area contributed by atoms with Crippen molar-refractivity contribution in [3.05, 3.63) is 65.5 Å². The highest BCUT2D eigenvalue weighted by Gasteiger charge is 2.31. The number of hydrogen-bond acceptors (Lipinski definition) is 4. The number of nitrogens with zero attached hydrogens (tertiary/aromatic N) is 2. The maximum atomic E-state index is 12.4. The van der Waals surface area contributed by atoms with Gasteiger partial charge in [0.1, 0.15) is 0 Å². The van der Waals surface area contributed by atoms with Crippen LogP contribution in [0, 0.1) is 6.92 Å². The van der Waals surface area contributed by atoms with Gasteiger partial charge in [-0.05, 0) is 30.2 Å². The molecule has 1 aliphatic rings. The number of nitrogens with one attached hydrogen (secondary N) is 2. The number of rotatable bonds is 6. The minimum atomic E-state index is -0.470. The second-order valence-electron chi connectivity index (χ2n) is 6.51. The molecule has 6 nitrogen and oxygen atoms in total. The Morgan fingerprint density at radius 2 is 2.08 bits per heavy atom. The summed E-state index contributed by atoms with van der Waals surface area (Å²) < 4.78 is 0. The van der Waals surface area contributed by atoms with Crippen molar-refractivity contribution >= 4 is 11.8 Å². The smallest absolute Gasteiger partial charge is 0.237 e. The summed E-state index contributed by atoms with van der Waals surface area (Å²) in [6.07, 6.45) is 1.88. The molecule has 0 saturated carbocycles. The van der Waals surface area contributed by atoms with Crippen LogP contribution in [0.5, 0.6) is 0 Å². The van der Waals surface area contributed by atoms with Gasteiger partial charge in [0.15, 0.2) is 0 Å². The van der Waals surface area contributed by atoms with E-state index < -0.39 is 6.04 Å². The van der Waals surface area contributed by atoms with Gasteiger partial charge in [-0.25, -0.2) is 0 Å². The first-order valence-corrected chi connectivity index (χ1v) is 8.86. The van der Waals surface area contributed by atoms with Crippen LogP contribution in [-0.2, 0) is 22.7 Å². The fraction of sp³-hybridized carbons (Fsp3) is 0.350. The SMILES string of the molecule is Cc1ccccc1CNC(=O)CC1C(=O)NCCN1Cc1ccccn1. The average Bonchev–Trinajstić information content (AvgIpc) is 2.65. The van der Waals surface area contributed by atoms with Gasteiger partial charge in [0.05, 0.1) is 18.2 Å². The molecule has 1 atom stereocenters. The van der Waals surface area contributed by atoms with Crippen molar-refractivity contribution in [3.63, 3.8) is 0 Å². The predicted molar refractivity (Wildman–Crippen MR) is 99.1 cm³/mol. The second kappa shape index (κ2) is 8.58. The number of pyridine rings is 1. The third kappa shape index (κ3) is 4.67. The third-order valence-corrected chi connectivity index (χ3v) is 4.65. The van der Waals surface area contributed by atoms with E-state index >= 15 is 0 Å². The Balaban J connectivity index is 1.60. The molecule has 1 aromatic heterocycles. The molecule has 136 valence electrons. The van der Waals surface area contributed by atoms with Crippen LogP contribution in [0.15, 0.2) is 48.7 Å². The van der Waals surface area contributed by atoms with Gasteiger partial charge in [0, 0.05) is 32.4 Å². The standard InChI is InChI=1S/C20H24N4O2/c1-15-6-2-3-7-16(15)13-23-19(25)12-18-20(26)22-10-11-24(18)14-17-8-4-5-9-21-17/h2-9,18H,10-14H2,1H3,(H,22,26)(H,23,25). The summed E-state index contributed by atoms with van der Waals surface area (Å²) in [6.45, 7) is 4.35. The zero-order valence-electron chi connectivity index (χ0n) is 14.9. The number of carbonyl (C=O) groups excluding carboxylic acids is 2. The Hall–Kier alpha value is -2.73. The Kier molecular flexibility index (Phi) is 5.96. The quantitative estimate of drug-likeness (QED) is 0.824. The van der Waals surface area contributed by atoms with Crippen LogP contribution in [0.4, 0.5) is 0 Å². The van der Waals surface area contributed by atoms with Crippen molar-refractivity contribution in [1.82, 2.24) is 20.5 Å². The van der Waals surface area contributed by atoms with E-state index in [-0.39, 0.29) is 18.2 Å². The summed E-state index contributed by atoms with van der Waals surface area (Å²) in [7, 11) is 0. The molecule has 3 rings (SSSR count). The number of hydrogen-bond donors (Lipinski definition) is 2. The topological polar surface area (TPSA) is 74.3 Å². The van der Waals surface area contributed by atoms with Crippen molar-refractivity contribution in [2.75, 3.05) is 13.1 Å². The van der Waals surface area contributed by atoms with Crippen molar-refractivity contribution in [3.8, 4) is 0 Å². The van der Waals surface area contributed by atoms with Gasteiger partial charge in [0.2, 0.25) is 11.8 Å². The van der Waals surface area contributed by atoms with Crippen LogP contribution >= 0.6 is 0 Å². The fourth-order valence-electron chi connectivity index (χ4n) is 3.12. The van der Waals surface area contributed by atoms with Crippen molar-refractivity contribution in [1.29, 1.82) is 0 Å². The van der Waals surface area contributed by atoms with Crippen LogP contribution in [0.2, 0.25) is 0 Å². The summed E-state index contributed by atoms with van der Waals surface area (Å²) in [4.78, 5) is 31.1. The molecule has 0 radical (unpaired) electrons. The maximum Gasteiger partial charge on any atom is 0.237 e. The lowest BCUT2D eigenvalue weighted by atomic mass is 10.1. The van der Waals surface area contributed by atoms with Crippen LogP contribution in [-0.4, -0.2) is 40.8 Å². The summed E-state index contributed by atoms with van der Waals surface area (Å²) in [5.41, 5.74) is 3.12. The summed E-state index contributed by atoms with van der Waals surface area (Å²) in [5.74, 6) is -0.223. The molecule has 1 aromatic carbocycles. The predicted octanol–water partition coefficient (Wildman–Crippen LogP) is 1.40. The monoisotopic (exact) mass is 352 g/mol. The maximum absolute atomic E-state index is 12.4. The van der Waals surface area contributed by atoms with Gasteiger partial charge in [0.25, 0.3) is 0 Å². The van der Waals surface area contributed by atoms with Gasteiger partial charge >= 0.3 is 0 Å². The fourth-order valence-corrected chi connectivity index (χ4v) is 3.12. The first-order chi connectivity index (χ1) is 12.6. The molecular formula is C20H24N4O2. The highest BCUT2D eigenvalue weighted by Crippen LogP contribution is 2.13. The Bertz CT molecular complexity index is 763. The number of carbonyl (C=O) groups is 2. The first kappa shape index (κ1) is 18.1. The zero-order valence-corrected chi connectivity index (χ0v) is 14.9. The zero-order chi connectivity index (χ0) is 18.4. The molecule has 2 N–H and O–H groups in total. The number of aromatic nitrogens is 1. The number of piperazine rings is 1. The highest BCUT2D eigenvalue weighted by atomic mass is 16.2. The summed E-state index contributed by atoms with van der Waals surface area (Å²) in [5, 5.41) is 5.79. The normalized spacial score (nSPS) is 17.6. The van der Waals surface area contributed by atoms with Gasteiger partial charge in [-0.3, -0.25) is 19.5 Å².